The summed E-state index contributed by atoms with van der Waals surface area (Å²) in [4.78, 5) is 14.6. The SMILES string of the molecule is Nc1nc(=S)nc(-c2ccc(Cl)cn2)[nH]1. The first-order valence-corrected chi connectivity index (χ1v) is 4.79. The van der Waals surface area contributed by atoms with E-state index >= 15 is 0 Å². The number of anilines is 1. The molecule has 2 aromatic heterocycles. The van der Waals surface area contributed by atoms with Gasteiger partial charge in [0, 0.05) is 6.20 Å². The zero-order valence-corrected chi connectivity index (χ0v) is 9.01. The zero-order valence-electron chi connectivity index (χ0n) is 7.44. The van der Waals surface area contributed by atoms with Gasteiger partial charge in [0.1, 0.15) is 5.69 Å². The Morgan fingerprint density at radius 3 is 2.73 bits per heavy atom. The number of rotatable bonds is 1. The molecule has 7 heteroatoms. The van der Waals surface area contributed by atoms with Gasteiger partial charge >= 0.3 is 0 Å². The predicted molar refractivity (Wildman–Crippen MR) is 59.9 cm³/mol. The molecule has 5 nitrogen and oxygen atoms in total. The third kappa shape index (κ3) is 2.28. The second-order valence-electron chi connectivity index (χ2n) is 2.73. The fourth-order valence-electron chi connectivity index (χ4n) is 1.04. The smallest absolute Gasteiger partial charge is 0.224 e. The van der Waals surface area contributed by atoms with Crippen molar-refractivity contribution in [2.24, 2.45) is 0 Å². The van der Waals surface area contributed by atoms with Crippen molar-refractivity contribution >= 4 is 29.8 Å². The molecule has 0 saturated heterocycles. The van der Waals surface area contributed by atoms with Crippen LogP contribution >= 0.6 is 23.8 Å². The maximum Gasteiger partial charge on any atom is 0.224 e. The number of nitrogens with one attached hydrogen (secondary N) is 1. The number of nitrogen functional groups attached to an aromatic ring is 1. The van der Waals surface area contributed by atoms with Crippen molar-refractivity contribution in [3.63, 3.8) is 0 Å². The predicted octanol–water partition coefficient (Wildman–Crippen LogP) is 1.83. The molecule has 0 aliphatic carbocycles. The zero-order chi connectivity index (χ0) is 10.8. The van der Waals surface area contributed by atoms with E-state index in [0.29, 0.717) is 16.5 Å². The van der Waals surface area contributed by atoms with Crippen LogP contribution < -0.4 is 5.73 Å². The maximum atomic E-state index is 5.71. The average Bonchev–Trinajstić information content (AvgIpc) is 2.17. The van der Waals surface area contributed by atoms with Crippen LogP contribution in [0.3, 0.4) is 0 Å². The molecule has 76 valence electrons. The van der Waals surface area contributed by atoms with E-state index in [4.69, 9.17) is 29.6 Å². The van der Waals surface area contributed by atoms with Crippen LogP contribution in [-0.2, 0) is 0 Å². The van der Waals surface area contributed by atoms with Crippen molar-refractivity contribution in [2.45, 2.75) is 0 Å². The summed E-state index contributed by atoms with van der Waals surface area (Å²) >= 11 is 10.5. The molecule has 0 aliphatic heterocycles. The number of hydrogen-bond donors (Lipinski definition) is 2. The molecule has 0 aromatic carbocycles. The van der Waals surface area contributed by atoms with E-state index in [0.717, 1.165) is 0 Å². The minimum atomic E-state index is 0.179. The highest BCUT2D eigenvalue weighted by Crippen LogP contribution is 2.14. The van der Waals surface area contributed by atoms with Gasteiger partial charge in [0.2, 0.25) is 10.7 Å². The molecule has 0 saturated carbocycles. The normalized spacial score (nSPS) is 10.2. The second-order valence-corrected chi connectivity index (χ2v) is 3.53. The number of aromatic nitrogens is 4. The number of nitrogens with zero attached hydrogens (tertiary/aromatic N) is 3. The Balaban J connectivity index is 2.54. The largest absolute Gasteiger partial charge is 0.369 e. The third-order valence-electron chi connectivity index (χ3n) is 1.64. The summed E-state index contributed by atoms with van der Waals surface area (Å²) in [5.41, 5.74) is 6.11. The van der Waals surface area contributed by atoms with E-state index in [1.165, 1.54) is 6.20 Å². The van der Waals surface area contributed by atoms with Crippen LogP contribution in [0.15, 0.2) is 18.3 Å². The lowest BCUT2D eigenvalue weighted by molar-refractivity contribution is 1.04. The van der Waals surface area contributed by atoms with Crippen LogP contribution in [0.25, 0.3) is 11.5 Å². The summed E-state index contributed by atoms with van der Waals surface area (Å²) < 4.78 is 0.179. The molecule has 0 fully saturated rings. The molecule has 2 aromatic rings. The Labute approximate surface area is 95.4 Å². The topological polar surface area (TPSA) is 80.5 Å². The molecular formula is C8H6ClN5S. The number of nitrogens with two attached hydrogens (primary N) is 1. The highest BCUT2D eigenvalue weighted by Gasteiger charge is 2.02. The molecule has 2 rings (SSSR count). The molecule has 3 N–H and O–H groups in total. The first kappa shape index (κ1) is 10.0. The first-order chi connectivity index (χ1) is 7.15. The van der Waals surface area contributed by atoms with Crippen LogP contribution in [0.5, 0.6) is 0 Å². The van der Waals surface area contributed by atoms with E-state index in [1.807, 2.05) is 0 Å². The summed E-state index contributed by atoms with van der Waals surface area (Å²) in [6.07, 6.45) is 1.52. The van der Waals surface area contributed by atoms with Crippen molar-refractivity contribution < 1.29 is 0 Å². The number of H-pyrrole nitrogens is 1. The van der Waals surface area contributed by atoms with Crippen LogP contribution in [-0.4, -0.2) is 19.9 Å². The van der Waals surface area contributed by atoms with E-state index in [1.54, 1.807) is 12.1 Å². The van der Waals surface area contributed by atoms with Crippen molar-refractivity contribution in [2.75, 3.05) is 5.73 Å². The van der Waals surface area contributed by atoms with Gasteiger partial charge in [0.15, 0.2) is 5.82 Å². The summed E-state index contributed by atoms with van der Waals surface area (Å²) in [5, 5.41) is 0.555. The maximum absolute atomic E-state index is 5.71. The van der Waals surface area contributed by atoms with Gasteiger partial charge in [-0.2, -0.15) is 9.97 Å². The van der Waals surface area contributed by atoms with Crippen molar-refractivity contribution in [3.8, 4) is 11.5 Å². The fourth-order valence-corrected chi connectivity index (χ4v) is 1.34. The molecule has 0 aliphatic rings. The minimum absolute atomic E-state index is 0.179. The Hall–Kier alpha value is -1.53. The summed E-state index contributed by atoms with van der Waals surface area (Å²) in [5.74, 6) is 0.686. The van der Waals surface area contributed by atoms with Crippen molar-refractivity contribution in [1.29, 1.82) is 0 Å². The van der Waals surface area contributed by atoms with Gasteiger partial charge in [0.25, 0.3) is 0 Å². The minimum Gasteiger partial charge on any atom is -0.369 e. The van der Waals surface area contributed by atoms with E-state index in [2.05, 4.69) is 19.9 Å². The Bertz CT molecular complexity index is 535. The highest BCUT2D eigenvalue weighted by atomic mass is 35.5. The van der Waals surface area contributed by atoms with Gasteiger partial charge in [-0.05, 0) is 24.4 Å². The van der Waals surface area contributed by atoms with Crippen molar-refractivity contribution in [3.05, 3.63) is 28.1 Å². The number of aromatic amines is 1. The summed E-state index contributed by atoms with van der Waals surface area (Å²) in [6, 6.07) is 3.43. The Kier molecular flexibility index (Phi) is 2.61. The molecular weight excluding hydrogens is 234 g/mol. The first-order valence-electron chi connectivity index (χ1n) is 4.01. The summed E-state index contributed by atoms with van der Waals surface area (Å²) in [6.45, 7) is 0. The van der Waals surface area contributed by atoms with Crippen LogP contribution in [0.2, 0.25) is 5.02 Å². The number of hydrogen-bond acceptors (Lipinski definition) is 5. The molecule has 0 atom stereocenters. The van der Waals surface area contributed by atoms with Crippen LogP contribution in [0.4, 0.5) is 5.95 Å². The van der Waals surface area contributed by atoms with Gasteiger partial charge in [-0.15, -0.1) is 0 Å². The molecule has 0 amide bonds. The van der Waals surface area contributed by atoms with Crippen LogP contribution in [0.1, 0.15) is 0 Å². The standard InChI is InChI=1S/C8H6ClN5S/c9-4-1-2-5(11-3-4)6-12-7(10)14-8(15)13-6/h1-3H,(H3,10,12,13,14,15). The lowest BCUT2D eigenvalue weighted by atomic mass is 10.3. The molecule has 0 spiro atoms. The van der Waals surface area contributed by atoms with Gasteiger partial charge in [0.05, 0.1) is 5.02 Å². The Morgan fingerprint density at radius 1 is 1.33 bits per heavy atom. The van der Waals surface area contributed by atoms with Crippen molar-refractivity contribution in [1.82, 2.24) is 19.9 Å². The van der Waals surface area contributed by atoms with Gasteiger partial charge in [-0.3, -0.25) is 4.98 Å². The lowest BCUT2D eigenvalue weighted by Gasteiger charge is -2.00. The quantitative estimate of drug-likeness (QED) is 0.742. The molecule has 15 heavy (non-hydrogen) atoms. The highest BCUT2D eigenvalue weighted by molar-refractivity contribution is 7.71. The van der Waals surface area contributed by atoms with E-state index in [9.17, 15) is 0 Å². The monoisotopic (exact) mass is 239 g/mol. The fraction of sp³-hybridized carbons (Fsp3) is 0. The van der Waals surface area contributed by atoms with Gasteiger partial charge < -0.3 is 10.7 Å². The van der Waals surface area contributed by atoms with Gasteiger partial charge in [-0.1, -0.05) is 11.6 Å². The summed E-state index contributed by atoms with van der Waals surface area (Å²) in [7, 11) is 0. The third-order valence-corrected chi connectivity index (χ3v) is 2.05. The van der Waals surface area contributed by atoms with Gasteiger partial charge in [-0.25, -0.2) is 0 Å². The van der Waals surface area contributed by atoms with Crippen LogP contribution in [0, 0.1) is 4.77 Å². The number of halogens is 1. The molecule has 2 heterocycles. The molecule has 0 radical (unpaired) electrons. The molecule has 0 unspecified atom stereocenters. The Morgan fingerprint density at radius 2 is 2.13 bits per heavy atom. The van der Waals surface area contributed by atoms with E-state index in [-0.39, 0.29) is 10.7 Å². The average molecular weight is 240 g/mol. The number of pyridine rings is 1. The second kappa shape index (κ2) is 3.92. The van der Waals surface area contributed by atoms with E-state index < -0.39 is 0 Å². The lowest BCUT2D eigenvalue weighted by Crippen LogP contribution is -2.00. The molecule has 0 bridgehead atoms.